The first-order valence-corrected chi connectivity index (χ1v) is 11.7. The van der Waals surface area contributed by atoms with Crippen molar-refractivity contribution >= 4 is 10.0 Å². The summed E-state index contributed by atoms with van der Waals surface area (Å²) >= 11 is 0. The molecule has 0 N–H and O–H groups in total. The monoisotopic (exact) mass is 425 g/mol. The summed E-state index contributed by atoms with van der Waals surface area (Å²) < 4.78 is 40.7. The van der Waals surface area contributed by atoms with Gasteiger partial charge in [0.15, 0.2) is 0 Å². The number of ether oxygens (including phenoxy) is 2. The third kappa shape index (κ3) is 4.36. The third-order valence-electron chi connectivity index (χ3n) is 5.72. The fraction of sp³-hybridized carbons (Fsp3) is 0.333. The van der Waals surface area contributed by atoms with Crippen molar-refractivity contribution in [3.63, 3.8) is 0 Å². The molecule has 0 amide bonds. The number of hydrogen-bond donors (Lipinski definition) is 0. The van der Waals surface area contributed by atoms with Gasteiger partial charge in [0.2, 0.25) is 10.0 Å². The molecule has 0 aromatic heterocycles. The lowest BCUT2D eigenvalue weighted by atomic mass is 9.93. The highest BCUT2D eigenvalue weighted by Crippen LogP contribution is 2.33. The third-order valence-corrected chi connectivity index (χ3v) is 7.66. The van der Waals surface area contributed by atoms with Gasteiger partial charge in [0.05, 0.1) is 20.3 Å². The molecule has 2 aromatic carbocycles. The number of para-hydroxylation sites is 1. The summed E-state index contributed by atoms with van der Waals surface area (Å²) in [6.07, 6.45) is 9.96. The Balaban J connectivity index is 1.75. The Morgan fingerprint density at radius 1 is 1.07 bits per heavy atom. The predicted molar refractivity (Wildman–Crippen MR) is 117 cm³/mol. The molecule has 2 aliphatic rings. The molecule has 2 aromatic rings. The first-order valence-electron chi connectivity index (χ1n) is 10.2. The summed E-state index contributed by atoms with van der Waals surface area (Å²) in [7, 11) is -2.30. The van der Waals surface area contributed by atoms with E-state index in [2.05, 4.69) is 12.2 Å². The van der Waals surface area contributed by atoms with E-state index in [4.69, 9.17) is 9.47 Å². The van der Waals surface area contributed by atoms with Crippen molar-refractivity contribution in [2.24, 2.45) is 5.92 Å². The summed E-state index contributed by atoms with van der Waals surface area (Å²) in [6, 6.07) is 14.4. The summed E-state index contributed by atoms with van der Waals surface area (Å²) in [6.45, 7) is 1.17. The van der Waals surface area contributed by atoms with Crippen molar-refractivity contribution in [2.75, 3.05) is 13.7 Å². The Hall–Kier alpha value is -2.41. The van der Waals surface area contributed by atoms with Gasteiger partial charge in [-0.2, -0.15) is 4.31 Å². The quantitative estimate of drug-likeness (QED) is 0.716. The summed E-state index contributed by atoms with van der Waals surface area (Å²) in [5.41, 5.74) is 2.00. The molecule has 2 atom stereocenters. The molecule has 0 fully saturated rings. The summed E-state index contributed by atoms with van der Waals surface area (Å²) in [4.78, 5) is 0.189. The van der Waals surface area contributed by atoms with E-state index in [9.17, 15) is 8.42 Å². The Bertz CT molecular complexity index is 1040. The Labute approximate surface area is 178 Å². The molecule has 1 aliphatic carbocycles. The number of sulfonamides is 1. The first-order chi connectivity index (χ1) is 14.6. The highest BCUT2D eigenvalue weighted by molar-refractivity contribution is 7.89. The molecule has 1 aliphatic heterocycles. The molecule has 5 nitrogen and oxygen atoms in total. The molecule has 0 saturated heterocycles. The van der Waals surface area contributed by atoms with Crippen molar-refractivity contribution in [1.29, 1.82) is 0 Å². The van der Waals surface area contributed by atoms with Crippen LogP contribution in [0.5, 0.6) is 5.75 Å². The van der Waals surface area contributed by atoms with Gasteiger partial charge in [0.25, 0.3) is 0 Å². The molecule has 30 heavy (non-hydrogen) atoms. The van der Waals surface area contributed by atoms with Crippen LogP contribution < -0.4 is 4.74 Å². The molecule has 158 valence electrons. The largest absolute Gasteiger partial charge is 0.495 e. The molecular formula is C24H27NO4S. The van der Waals surface area contributed by atoms with Gasteiger partial charge < -0.3 is 9.47 Å². The number of rotatable bonds is 5. The van der Waals surface area contributed by atoms with Crippen molar-refractivity contribution in [2.45, 2.75) is 36.9 Å². The van der Waals surface area contributed by atoms with Gasteiger partial charge in [0.1, 0.15) is 10.6 Å². The SMILES string of the molecule is COc1ccccc1S(=O)(=O)N1Cc2ccccc2COC[C@H]1CC1C=CC=CC1. The van der Waals surface area contributed by atoms with E-state index in [0.29, 0.717) is 31.9 Å². The van der Waals surface area contributed by atoms with Crippen LogP contribution in [0.3, 0.4) is 0 Å². The Kier molecular flexibility index (Phi) is 6.37. The number of benzene rings is 2. The van der Waals surface area contributed by atoms with Gasteiger partial charge in [-0.15, -0.1) is 0 Å². The van der Waals surface area contributed by atoms with Crippen LogP contribution >= 0.6 is 0 Å². The first kappa shape index (κ1) is 20.8. The normalized spacial score (nSPS) is 22.2. The van der Waals surface area contributed by atoms with E-state index >= 15 is 0 Å². The van der Waals surface area contributed by atoms with Crippen LogP contribution in [0, 0.1) is 5.92 Å². The fourth-order valence-electron chi connectivity index (χ4n) is 4.12. The highest BCUT2D eigenvalue weighted by Gasteiger charge is 2.36. The molecule has 0 bridgehead atoms. The van der Waals surface area contributed by atoms with Crippen LogP contribution in [0.25, 0.3) is 0 Å². The van der Waals surface area contributed by atoms with Gasteiger partial charge in [0, 0.05) is 12.6 Å². The van der Waals surface area contributed by atoms with Gasteiger partial charge >= 0.3 is 0 Å². The maximum absolute atomic E-state index is 13.9. The molecule has 1 unspecified atom stereocenters. The van der Waals surface area contributed by atoms with E-state index in [1.54, 1.807) is 28.6 Å². The molecular weight excluding hydrogens is 398 g/mol. The molecule has 6 heteroatoms. The van der Waals surface area contributed by atoms with Crippen LogP contribution in [-0.2, 0) is 27.9 Å². The van der Waals surface area contributed by atoms with Crippen LogP contribution in [0.15, 0.2) is 77.7 Å². The second kappa shape index (κ2) is 9.16. The Morgan fingerprint density at radius 3 is 2.60 bits per heavy atom. The van der Waals surface area contributed by atoms with E-state index in [0.717, 1.165) is 17.5 Å². The van der Waals surface area contributed by atoms with Crippen LogP contribution in [0.4, 0.5) is 0 Å². The zero-order valence-corrected chi connectivity index (χ0v) is 17.9. The maximum atomic E-state index is 13.9. The number of allylic oxidation sites excluding steroid dienone is 4. The average Bonchev–Trinajstić information content (AvgIpc) is 2.76. The lowest BCUT2D eigenvalue weighted by Crippen LogP contribution is -2.44. The predicted octanol–water partition coefficient (Wildman–Crippen LogP) is 4.31. The van der Waals surface area contributed by atoms with E-state index in [1.165, 1.54) is 7.11 Å². The maximum Gasteiger partial charge on any atom is 0.247 e. The summed E-state index contributed by atoms with van der Waals surface area (Å²) in [5, 5.41) is 0. The van der Waals surface area contributed by atoms with Crippen molar-refractivity contribution in [3.8, 4) is 5.75 Å². The van der Waals surface area contributed by atoms with E-state index < -0.39 is 10.0 Å². The minimum atomic E-state index is -3.80. The Morgan fingerprint density at radius 2 is 1.83 bits per heavy atom. The topological polar surface area (TPSA) is 55.8 Å². The standard InChI is InChI=1S/C24H27NO4S/c1-28-23-13-7-8-14-24(23)30(26,27)25-16-20-11-5-6-12-21(20)17-29-18-22(25)15-19-9-3-2-4-10-19/h2-9,11-14,19,22H,10,15-18H2,1H3/t19?,22-/m1/s1. The molecule has 4 rings (SSSR count). The lowest BCUT2D eigenvalue weighted by molar-refractivity contribution is 0.0604. The van der Waals surface area contributed by atoms with Crippen LogP contribution in [-0.4, -0.2) is 32.5 Å². The minimum absolute atomic E-state index is 0.189. The molecule has 1 heterocycles. The van der Waals surface area contributed by atoms with Crippen molar-refractivity contribution < 1.29 is 17.9 Å². The highest BCUT2D eigenvalue weighted by atomic mass is 32.2. The van der Waals surface area contributed by atoms with Gasteiger partial charge in [-0.25, -0.2) is 8.42 Å². The molecule has 0 saturated carbocycles. The molecule has 0 radical (unpaired) electrons. The van der Waals surface area contributed by atoms with Gasteiger partial charge in [-0.1, -0.05) is 60.7 Å². The van der Waals surface area contributed by atoms with Crippen LogP contribution in [0.2, 0.25) is 0 Å². The number of nitrogens with zero attached hydrogens (tertiary/aromatic N) is 1. The molecule has 0 spiro atoms. The van der Waals surface area contributed by atoms with Gasteiger partial charge in [-0.05, 0) is 42.0 Å². The number of fused-ring (bicyclic) bond motifs is 1. The zero-order valence-electron chi connectivity index (χ0n) is 17.1. The zero-order chi connectivity index (χ0) is 21.0. The lowest BCUT2D eigenvalue weighted by Gasteiger charge is -2.35. The summed E-state index contributed by atoms with van der Waals surface area (Å²) in [5.74, 6) is 0.640. The van der Waals surface area contributed by atoms with E-state index in [1.807, 2.05) is 36.4 Å². The second-order valence-corrected chi connectivity index (χ2v) is 9.54. The van der Waals surface area contributed by atoms with Crippen LogP contribution in [0.1, 0.15) is 24.0 Å². The second-order valence-electron chi connectivity index (χ2n) is 7.68. The number of methoxy groups -OCH3 is 1. The fourth-order valence-corrected chi connectivity index (χ4v) is 5.88. The number of hydrogen-bond acceptors (Lipinski definition) is 4. The average molecular weight is 426 g/mol. The minimum Gasteiger partial charge on any atom is -0.495 e. The smallest absolute Gasteiger partial charge is 0.247 e. The van der Waals surface area contributed by atoms with Crippen molar-refractivity contribution in [3.05, 3.63) is 84.0 Å². The van der Waals surface area contributed by atoms with Crippen molar-refractivity contribution in [1.82, 2.24) is 4.31 Å². The van der Waals surface area contributed by atoms with E-state index in [-0.39, 0.29) is 16.9 Å². The van der Waals surface area contributed by atoms with Gasteiger partial charge in [-0.3, -0.25) is 0 Å².